The van der Waals surface area contributed by atoms with E-state index in [2.05, 4.69) is 10.3 Å². The Balaban J connectivity index is 1.97. The number of thiol groups is 1. The van der Waals surface area contributed by atoms with Crippen molar-refractivity contribution in [3.8, 4) is 21.7 Å². The van der Waals surface area contributed by atoms with Gasteiger partial charge in [0.15, 0.2) is 5.13 Å². The number of aliphatic hydroxyl groups is 1. The first-order valence-corrected chi connectivity index (χ1v) is 11.3. The van der Waals surface area contributed by atoms with Crippen molar-refractivity contribution < 1.29 is 18.3 Å². The third-order valence-electron chi connectivity index (χ3n) is 4.29. The van der Waals surface area contributed by atoms with Gasteiger partial charge in [-0.25, -0.2) is 13.4 Å². The molecule has 2 N–H and O–H groups in total. The van der Waals surface area contributed by atoms with E-state index >= 15 is 0 Å². The van der Waals surface area contributed by atoms with E-state index < -0.39 is 10.7 Å². The molecule has 0 saturated heterocycles. The molecule has 0 spiro atoms. The zero-order valence-electron chi connectivity index (χ0n) is 15.9. The van der Waals surface area contributed by atoms with Gasteiger partial charge >= 0.3 is 0 Å². The lowest BCUT2D eigenvalue weighted by molar-refractivity contribution is -0.114. The van der Waals surface area contributed by atoms with Crippen molar-refractivity contribution in [1.82, 2.24) is 4.98 Å². The summed E-state index contributed by atoms with van der Waals surface area (Å²) in [6, 6.07) is 15.3. The number of carbonyl (C=O) groups excluding carboxylic acids is 1. The van der Waals surface area contributed by atoms with Gasteiger partial charge in [-0.2, -0.15) is 0 Å². The van der Waals surface area contributed by atoms with Crippen LogP contribution in [0.1, 0.15) is 24.5 Å². The Morgan fingerprint density at radius 2 is 1.66 bits per heavy atom. The molecule has 1 aromatic heterocycles. The molecule has 29 heavy (non-hydrogen) atoms. The molecule has 3 rings (SSSR count). The number of nitrogens with zero attached hydrogens (tertiary/aromatic N) is 1. The molecule has 3 aromatic rings. The van der Waals surface area contributed by atoms with Crippen LogP contribution in [0.2, 0.25) is 0 Å². The topological polar surface area (TPSA) is 96.4 Å². The zero-order valence-corrected chi connectivity index (χ0v) is 17.6. The molecule has 1 heterocycles. The first-order valence-electron chi connectivity index (χ1n) is 9.16. The van der Waals surface area contributed by atoms with E-state index in [9.17, 15) is 13.2 Å². The van der Waals surface area contributed by atoms with Crippen LogP contribution in [0.4, 0.5) is 5.13 Å². The Kier molecular flexibility index (Phi) is 7.13. The second-order valence-electron chi connectivity index (χ2n) is 6.59. The lowest BCUT2D eigenvalue weighted by atomic mass is 10.0. The summed E-state index contributed by atoms with van der Waals surface area (Å²) in [4.78, 5) is 17.0. The van der Waals surface area contributed by atoms with Crippen molar-refractivity contribution in [2.75, 3.05) is 11.9 Å². The van der Waals surface area contributed by atoms with Crippen LogP contribution in [-0.4, -0.2) is 31.0 Å². The lowest BCUT2D eigenvalue weighted by Gasteiger charge is -2.05. The van der Waals surface area contributed by atoms with Crippen molar-refractivity contribution in [1.29, 1.82) is 0 Å². The molecular formula is C21H22N2O4S2. The highest BCUT2D eigenvalue weighted by molar-refractivity contribution is 7.71. The van der Waals surface area contributed by atoms with Crippen LogP contribution >= 0.6 is 11.3 Å². The Morgan fingerprint density at radius 3 is 2.24 bits per heavy atom. The largest absolute Gasteiger partial charge is 0.396 e. The van der Waals surface area contributed by atoms with E-state index in [0.717, 1.165) is 45.7 Å². The van der Waals surface area contributed by atoms with Gasteiger partial charge in [0.25, 0.3) is 0 Å². The molecule has 152 valence electrons. The molecule has 0 radical (unpaired) electrons. The standard InChI is InChI=1S/C21H22N2O4S2/c1-14(25)22-21-23-19(17-8-4-15(5-9-17)3-2-12-24)20(28-21)18-10-6-16(7-11-18)13-29(26)27/h4-11,24,29H,2-3,12-13H2,1H3,(H,22,23,25). The first kappa shape index (κ1) is 21.2. The van der Waals surface area contributed by atoms with Crippen molar-refractivity contribution in [2.45, 2.75) is 25.5 Å². The fourth-order valence-electron chi connectivity index (χ4n) is 2.94. The monoisotopic (exact) mass is 430 g/mol. The number of aliphatic hydroxyl groups excluding tert-OH is 1. The molecular weight excluding hydrogens is 408 g/mol. The fourth-order valence-corrected chi connectivity index (χ4v) is 4.49. The van der Waals surface area contributed by atoms with Gasteiger partial charge in [0.1, 0.15) is 10.7 Å². The molecule has 2 aromatic carbocycles. The third-order valence-corrected chi connectivity index (χ3v) is 5.93. The number of hydrogen-bond acceptors (Lipinski definition) is 6. The predicted octanol–water partition coefficient (Wildman–Crippen LogP) is 3.47. The van der Waals surface area contributed by atoms with E-state index in [0.29, 0.717) is 5.13 Å². The van der Waals surface area contributed by atoms with Gasteiger partial charge in [-0.3, -0.25) is 4.79 Å². The van der Waals surface area contributed by atoms with E-state index in [1.807, 2.05) is 36.4 Å². The molecule has 0 aliphatic rings. The number of benzene rings is 2. The molecule has 0 unspecified atom stereocenters. The summed E-state index contributed by atoms with van der Waals surface area (Å²) in [5.74, 6) is -0.178. The van der Waals surface area contributed by atoms with Crippen molar-refractivity contribution in [3.63, 3.8) is 0 Å². The Hall–Kier alpha value is -2.55. The number of aromatic nitrogens is 1. The summed E-state index contributed by atoms with van der Waals surface area (Å²) in [6.07, 6.45) is 1.52. The summed E-state index contributed by atoms with van der Waals surface area (Å²) in [7, 11) is -2.47. The van der Waals surface area contributed by atoms with Crippen molar-refractivity contribution in [2.24, 2.45) is 0 Å². The van der Waals surface area contributed by atoms with Crippen LogP contribution in [0.5, 0.6) is 0 Å². The molecule has 6 nitrogen and oxygen atoms in total. The van der Waals surface area contributed by atoms with Crippen molar-refractivity contribution in [3.05, 3.63) is 59.7 Å². The van der Waals surface area contributed by atoms with Crippen LogP contribution < -0.4 is 5.32 Å². The Morgan fingerprint density at radius 1 is 1.03 bits per heavy atom. The summed E-state index contributed by atoms with van der Waals surface area (Å²) in [5, 5.41) is 12.2. The van der Waals surface area contributed by atoms with E-state index in [1.165, 1.54) is 18.3 Å². The van der Waals surface area contributed by atoms with E-state index in [-0.39, 0.29) is 18.3 Å². The number of carbonyl (C=O) groups is 1. The highest BCUT2D eigenvalue weighted by atomic mass is 32.2. The highest BCUT2D eigenvalue weighted by Crippen LogP contribution is 2.39. The van der Waals surface area contributed by atoms with E-state index in [4.69, 9.17) is 5.11 Å². The Bertz CT molecular complexity index is 1050. The summed E-state index contributed by atoms with van der Waals surface area (Å²) >= 11 is 1.38. The smallest absolute Gasteiger partial charge is 0.223 e. The fraction of sp³-hybridized carbons (Fsp3) is 0.238. The average Bonchev–Trinajstić information content (AvgIpc) is 3.10. The molecule has 8 heteroatoms. The second kappa shape index (κ2) is 9.78. The maximum absolute atomic E-state index is 11.5. The number of rotatable bonds is 8. The molecule has 0 bridgehead atoms. The molecule has 0 saturated carbocycles. The molecule has 0 atom stereocenters. The zero-order chi connectivity index (χ0) is 20.8. The summed E-state index contributed by atoms with van der Waals surface area (Å²) < 4.78 is 21.9. The van der Waals surface area contributed by atoms with Crippen LogP contribution in [0.3, 0.4) is 0 Å². The molecule has 0 aliphatic carbocycles. The van der Waals surface area contributed by atoms with Crippen LogP contribution in [0.15, 0.2) is 48.5 Å². The summed E-state index contributed by atoms with van der Waals surface area (Å²) in [6.45, 7) is 1.60. The summed E-state index contributed by atoms with van der Waals surface area (Å²) in [5.41, 5.74) is 4.45. The molecule has 0 aliphatic heterocycles. The van der Waals surface area contributed by atoms with Gasteiger partial charge in [0.05, 0.1) is 16.3 Å². The van der Waals surface area contributed by atoms with Gasteiger partial charge in [-0.05, 0) is 29.5 Å². The quantitative estimate of drug-likeness (QED) is 0.476. The Labute approximate surface area is 175 Å². The number of aryl methyl sites for hydroxylation is 1. The number of anilines is 1. The van der Waals surface area contributed by atoms with Gasteiger partial charge in [0.2, 0.25) is 5.91 Å². The number of nitrogens with one attached hydrogen (secondary N) is 1. The molecule has 0 fully saturated rings. The van der Waals surface area contributed by atoms with Crippen molar-refractivity contribution >= 4 is 33.1 Å². The minimum absolute atomic E-state index is 0.0115. The minimum Gasteiger partial charge on any atom is -0.396 e. The van der Waals surface area contributed by atoms with E-state index in [1.54, 1.807) is 12.1 Å². The third kappa shape index (κ3) is 5.72. The maximum Gasteiger partial charge on any atom is 0.223 e. The normalized spacial score (nSPS) is 11.0. The SMILES string of the molecule is CC(=O)Nc1nc(-c2ccc(CCCO)cc2)c(-c2ccc(C[SH](=O)=O)cc2)s1. The molecule has 1 amide bonds. The lowest BCUT2D eigenvalue weighted by Crippen LogP contribution is -2.04. The average molecular weight is 431 g/mol. The maximum atomic E-state index is 11.5. The van der Waals surface area contributed by atoms with Crippen LogP contribution in [-0.2, 0) is 27.7 Å². The highest BCUT2D eigenvalue weighted by Gasteiger charge is 2.16. The van der Waals surface area contributed by atoms with Gasteiger partial charge < -0.3 is 10.4 Å². The second-order valence-corrected chi connectivity index (χ2v) is 8.57. The predicted molar refractivity (Wildman–Crippen MR) is 117 cm³/mol. The van der Waals surface area contributed by atoms with Gasteiger partial charge in [-0.1, -0.05) is 59.9 Å². The minimum atomic E-state index is -2.47. The first-order chi connectivity index (χ1) is 14.0. The van der Waals surface area contributed by atoms with Crippen LogP contribution in [0, 0.1) is 0 Å². The van der Waals surface area contributed by atoms with Gasteiger partial charge in [0, 0.05) is 19.1 Å². The number of hydrogen-bond donors (Lipinski definition) is 3. The number of thiazole rings is 1. The van der Waals surface area contributed by atoms with Crippen LogP contribution in [0.25, 0.3) is 21.7 Å². The number of amides is 1. The van der Waals surface area contributed by atoms with Gasteiger partial charge in [-0.15, -0.1) is 0 Å².